The summed E-state index contributed by atoms with van der Waals surface area (Å²) < 4.78 is 31.7. The molecule has 0 N–H and O–H groups in total. The van der Waals surface area contributed by atoms with Crippen molar-refractivity contribution in [2.75, 3.05) is 5.75 Å². The van der Waals surface area contributed by atoms with E-state index in [-0.39, 0.29) is 28.4 Å². The number of carbonyl (C=O) groups is 1. The van der Waals surface area contributed by atoms with E-state index < -0.39 is 20.8 Å². The van der Waals surface area contributed by atoms with E-state index in [9.17, 15) is 23.3 Å². The number of nitro benzene ring substituents is 1. The fourth-order valence-corrected chi connectivity index (χ4v) is 4.69. The second-order valence-electron chi connectivity index (χ2n) is 8.12. The van der Waals surface area contributed by atoms with Crippen molar-refractivity contribution in [1.82, 2.24) is 9.78 Å². The zero-order valence-electron chi connectivity index (χ0n) is 20.2. The van der Waals surface area contributed by atoms with Gasteiger partial charge in [0, 0.05) is 18.2 Å². The second-order valence-corrected chi connectivity index (χ2v) is 9.81. The zero-order chi connectivity index (χ0) is 25.1. The first-order chi connectivity index (χ1) is 15.4. The van der Waals surface area contributed by atoms with Crippen LogP contribution in [-0.2, 0) is 16.7 Å². The maximum Gasteiger partial charge on any atom is 0.310 e. The Labute approximate surface area is 194 Å². The summed E-state index contributed by atoms with van der Waals surface area (Å²) in [7, 11) is -3.92. The molecule has 0 saturated heterocycles. The average Bonchev–Trinajstić information content (AvgIpc) is 3.05. The lowest BCUT2D eigenvalue weighted by atomic mass is 9.90. The average molecular weight is 478 g/mol. The first-order valence-electron chi connectivity index (χ1n) is 10.8. The highest BCUT2D eigenvalue weighted by Crippen LogP contribution is 2.35. The number of aryl methyl sites for hydroxylation is 2. The van der Waals surface area contributed by atoms with Crippen LogP contribution in [0, 0.1) is 24.0 Å². The Morgan fingerprint density at radius 3 is 2.30 bits per heavy atom. The highest BCUT2D eigenvalue weighted by molar-refractivity contribution is 7.87. The van der Waals surface area contributed by atoms with Gasteiger partial charge in [0.25, 0.3) is 5.69 Å². The van der Waals surface area contributed by atoms with Crippen molar-refractivity contribution in [3.63, 3.8) is 0 Å². The summed E-state index contributed by atoms with van der Waals surface area (Å²) in [6.07, 6.45) is 1.10. The van der Waals surface area contributed by atoms with Gasteiger partial charge in [-0.25, -0.2) is 4.68 Å². The molecule has 0 bridgehead atoms. The van der Waals surface area contributed by atoms with Gasteiger partial charge in [0.2, 0.25) is 11.7 Å². The third-order valence-corrected chi connectivity index (χ3v) is 6.77. The summed E-state index contributed by atoms with van der Waals surface area (Å²) in [5.41, 5.74) is 2.89. The van der Waals surface area contributed by atoms with Crippen LogP contribution in [-0.4, -0.2) is 34.7 Å². The number of nitro groups is 1. The van der Waals surface area contributed by atoms with E-state index in [2.05, 4.69) is 5.10 Å². The van der Waals surface area contributed by atoms with E-state index in [1.807, 2.05) is 20.8 Å². The second kappa shape index (κ2) is 10.3. The highest BCUT2D eigenvalue weighted by Gasteiger charge is 2.30. The lowest BCUT2D eigenvalue weighted by molar-refractivity contribution is -0.385. The van der Waals surface area contributed by atoms with Gasteiger partial charge in [-0.15, -0.1) is 0 Å². The predicted octanol–water partition coefficient (Wildman–Crippen LogP) is 4.98. The molecule has 0 fully saturated rings. The molecule has 10 heteroatoms. The Bertz CT molecular complexity index is 1220. The summed E-state index contributed by atoms with van der Waals surface area (Å²) in [6.45, 7) is 12.6. The van der Waals surface area contributed by atoms with Gasteiger partial charge in [-0.2, -0.15) is 13.5 Å². The minimum atomic E-state index is -3.92. The van der Waals surface area contributed by atoms with Crippen LogP contribution < -0.4 is 4.18 Å². The van der Waals surface area contributed by atoms with Crippen molar-refractivity contribution in [1.29, 1.82) is 0 Å². The first kappa shape index (κ1) is 26.2. The molecule has 1 aromatic heterocycles. The molecule has 0 unspecified atom stereocenters. The van der Waals surface area contributed by atoms with Crippen LogP contribution >= 0.6 is 0 Å². The van der Waals surface area contributed by atoms with Gasteiger partial charge in [-0.3, -0.25) is 14.9 Å². The number of rotatable bonds is 10. The molecular weight excluding hydrogens is 446 g/mol. The lowest BCUT2D eigenvalue weighted by Crippen LogP contribution is -2.18. The van der Waals surface area contributed by atoms with Gasteiger partial charge in [-0.05, 0) is 65.2 Å². The van der Waals surface area contributed by atoms with E-state index in [0.29, 0.717) is 41.8 Å². The van der Waals surface area contributed by atoms with Crippen molar-refractivity contribution in [2.45, 2.75) is 67.9 Å². The highest BCUT2D eigenvalue weighted by atomic mass is 32.2. The normalized spacial score (nSPS) is 11.4. The van der Waals surface area contributed by atoms with Crippen molar-refractivity contribution in [2.24, 2.45) is 0 Å². The quantitative estimate of drug-likeness (QED) is 0.205. The number of ketones is 1. The fraction of sp³-hybridized carbons (Fsp3) is 0.478. The Morgan fingerprint density at radius 1 is 1.15 bits per heavy atom. The number of unbranched alkanes of at least 4 members (excludes halogenated alkanes) is 1. The van der Waals surface area contributed by atoms with Crippen LogP contribution in [0.2, 0.25) is 0 Å². The molecule has 0 spiro atoms. The Kier molecular flexibility index (Phi) is 8.18. The van der Waals surface area contributed by atoms with Gasteiger partial charge in [0.05, 0.1) is 21.9 Å². The van der Waals surface area contributed by atoms with Gasteiger partial charge in [0.1, 0.15) is 5.56 Å². The van der Waals surface area contributed by atoms with E-state index >= 15 is 0 Å². The van der Waals surface area contributed by atoms with E-state index in [1.165, 1.54) is 16.8 Å². The number of nitrogens with zero attached hydrogens (tertiary/aromatic N) is 3. The van der Waals surface area contributed by atoms with Crippen molar-refractivity contribution < 1.29 is 22.3 Å². The third-order valence-electron chi connectivity index (χ3n) is 5.57. The predicted molar refractivity (Wildman–Crippen MR) is 127 cm³/mol. The number of benzene rings is 1. The molecular formula is C23H31N3O6S. The zero-order valence-corrected chi connectivity index (χ0v) is 21.0. The Hall–Kier alpha value is -3.01. The van der Waals surface area contributed by atoms with Gasteiger partial charge in [-0.1, -0.05) is 18.9 Å². The maximum absolute atomic E-state index is 13.6. The third kappa shape index (κ3) is 5.50. The molecule has 180 valence electrons. The number of allylic oxidation sites excluding steroid dienone is 2. The first-order valence-corrected chi connectivity index (χ1v) is 12.4. The fourth-order valence-electron chi connectivity index (χ4n) is 3.56. The summed E-state index contributed by atoms with van der Waals surface area (Å²) in [6, 6.07) is 2.70. The number of hydrogen-bond donors (Lipinski definition) is 0. The smallest absolute Gasteiger partial charge is 0.310 e. The van der Waals surface area contributed by atoms with Crippen LogP contribution in [0.3, 0.4) is 0 Å². The monoisotopic (exact) mass is 477 g/mol. The molecule has 33 heavy (non-hydrogen) atoms. The Morgan fingerprint density at radius 2 is 1.79 bits per heavy atom. The molecule has 0 aliphatic rings. The van der Waals surface area contributed by atoms with Crippen LogP contribution in [0.4, 0.5) is 5.69 Å². The van der Waals surface area contributed by atoms with Crippen molar-refractivity contribution in [3.05, 3.63) is 55.8 Å². The van der Waals surface area contributed by atoms with Crippen molar-refractivity contribution >= 4 is 27.2 Å². The van der Waals surface area contributed by atoms with E-state index in [0.717, 1.165) is 5.57 Å². The molecule has 0 radical (unpaired) electrons. The summed E-state index contributed by atoms with van der Waals surface area (Å²) in [5, 5.41) is 15.9. The molecule has 0 aliphatic heterocycles. The van der Waals surface area contributed by atoms with Gasteiger partial charge < -0.3 is 4.18 Å². The lowest BCUT2D eigenvalue weighted by Gasteiger charge is -2.14. The van der Waals surface area contributed by atoms with Crippen LogP contribution in [0.25, 0.3) is 5.57 Å². The maximum atomic E-state index is 13.6. The number of hydrogen-bond acceptors (Lipinski definition) is 7. The van der Waals surface area contributed by atoms with Crippen molar-refractivity contribution in [3.8, 4) is 5.88 Å². The molecule has 1 heterocycles. The topological polar surface area (TPSA) is 121 Å². The molecule has 2 rings (SSSR count). The number of carbonyl (C=O) groups excluding carboxylic acids is 1. The van der Waals surface area contributed by atoms with Crippen LogP contribution in [0.1, 0.15) is 80.2 Å². The van der Waals surface area contributed by atoms with Gasteiger partial charge >= 0.3 is 10.1 Å². The summed E-state index contributed by atoms with van der Waals surface area (Å²) >= 11 is 0. The minimum absolute atomic E-state index is 0.0367. The number of aromatic nitrogens is 2. The molecule has 0 atom stereocenters. The van der Waals surface area contributed by atoms with E-state index in [4.69, 9.17) is 4.18 Å². The standard InChI is InChI=1S/C23H31N3O6S/c1-8-10-13-33(30,31)32-23-21(17(7)24-25(23)9-2)22(27)18-11-12-19(26(28)29)20(16(18)6)15(5)14(3)4/h11-12H,8-10,13H2,1-7H3. The Balaban J connectivity index is 2.72. The minimum Gasteiger partial charge on any atom is -0.361 e. The molecule has 2 aromatic rings. The van der Waals surface area contributed by atoms with E-state index in [1.54, 1.807) is 27.7 Å². The van der Waals surface area contributed by atoms with Crippen LogP contribution in [0.15, 0.2) is 17.7 Å². The molecule has 0 aliphatic carbocycles. The molecule has 1 aromatic carbocycles. The molecule has 0 saturated carbocycles. The molecule has 0 amide bonds. The summed E-state index contributed by atoms with van der Waals surface area (Å²) in [5.74, 6) is -0.802. The van der Waals surface area contributed by atoms with Gasteiger partial charge in [0.15, 0.2) is 0 Å². The largest absolute Gasteiger partial charge is 0.361 e. The molecule has 9 nitrogen and oxygen atoms in total. The van der Waals surface area contributed by atoms with Crippen LogP contribution in [0.5, 0.6) is 5.88 Å². The summed E-state index contributed by atoms with van der Waals surface area (Å²) in [4.78, 5) is 24.8. The SMILES string of the molecule is CCCCS(=O)(=O)Oc1c(C(=O)c2ccc([N+](=O)[O-])c(C(C)=C(C)C)c2C)c(C)nn1CC.